The first-order valence-corrected chi connectivity index (χ1v) is 11.0. The van der Waals surface area contributed by atoms with Crippen LogP contribution in [-0.2, 0) is 12.6 Å². The molecule has 0 fully saturated rings. The molecule has 0 unspecified atom stereocenters. The Morgan fingerprint density at radius 3 is 2.27 bits per heavy atom. The van der Waals surface area contributed by atoms with E-state index in [1.807, 2.05) is 25.2 Å². The predicted octanol–water partition coefficient (Wildman–Crippen LogP) is 6.46. The molecule has 0 aliphatic heterocycles. The first-order chi connectivity index (χ1) is 15.7. The van der Waals surface area contributed by atoms with Crippen LogP contribution in [0.15, 0.2) is 79.1 Å². The van der Waals surface area contributed by atoms with Crippen molar-refractivity contribution in [1.29, 1.82) is 0 Å². The van der Waals surface area contributed by atoms with Crippen molar-refractivity contribution in [3.05, 3.63) is 113 Å². The summed E-state index contributed by atoms with van der Waals surface area (Å²) < 4.78 is 38.6. The second-order valence-electron chi connectivity index (χ2n) is 8.27. The van der Waals surface area contributed by atoms with Gasteiger partial charge in [-0.1, -0.05) is 61.2 Å². The highest BCUT2D eigenvalue weighted by Crippen LogP contribution is 2.30. The summed E-state index contributed by atoms with van der Waals surface area (Å²) in [6, 6.07) is 18.8. The first-order valence-electron chi connectivity index (χ1n) is 11.0. The molecular weight excluding hydrogens is 423 g/mol. The normalized spacial score (nSPS) is 13.4. The highest BCUT2D eigenvalue weighted by atomic mass is 19.4. The molecule has 2 aromatic carbocycles. The Morgan fingerprint density at radius 2 is 1.70 bits per heavy atom. The van der Waals surface area contributed by atoms with Gasteiger partial charge in [0.05, 0.1) is 6.04 Å². The van der Waals surface area contributed by atoms with Crippen molar-refractivity contribution in [3.8, 4) is 0 Å². The molecule has 174 valence electrons. The maximum Gasteiger partial charge on any atom is 0.433 e. The number of nitrogens with one attached hydrogen (secondary N) is 2. The number of hydrogen-bond donors (Lipinski definition) is 2. The molecule has 1 heterocycles. The smallest absolute Gasteiger partial charge is 0.390 e. The van der Waals surface area contributed by atoms with Crippen LogP contribution in [0.1, 0.15) is 52.0 Å². The number of aryl methyl sites for hydroxylation is 3. The average molecular weight is 454 g/mol. The predicted molar refractivity (Wildman–Crippen MR) is 127 cm³/mol. The zero-order valence-corrected chi connectivity index (χ0v) is 19.2. The molecule has 0 saturated carbocycles. The number of pyridine rings is 1. The molecule has 0 radical (unpaired) electrons. The monoisotopic (exact) mass is 453 g/mol. The van der Waals surface area contributed by atoms with Gasteiger partial charge in [-0.05, 0) is 60.6 Å². The molecule has 0 saturated heterocycles. The molecule has 0 aliphatic rings. The number of benzene rings is 2. The molecule has 3 nitrogen and oxygen atoms in total. The highest BCUT2D eigenvalue weighted by Gasteiger charge is 2.32. The van der Waals surface area contributed by atoms with Crippen molar-refractivity contribution in [2.45, 2.75) is 44.9 Å². The zero-order chi connectivity index (χ0) is 24.0. The largest absolute Gasteiger partial charge is 0.433 e. The van der Waals surface area contributed by atoms with E-state index >= 15 is 0 Å². The van der Waals surface area contributed by atoms with Crippen molar-refractivity contribution in [2.75, 3.05) is 7.05 Å². The van der Waals surface area contributed by atoms with Gasteiger partial charge in [-0.3, -0.25) is 10.3 Å². The van der Waals surface area contributed by atoms with Gasteiger partial charge >= 0.3 is 6.18 Å². The SMILES string of the molecule is C=C(NC)[C@H](N[C@@H](CCc1ccc(C(F)(F)F)nc1)c1ccc(C)c(C)c1)c1ccccc1. The van der Waals surface area contributed by atoms with Crippen molar-refractivity contribution >= 4 is 0 Å². The van der Waals surface area contributed by atoms with Gasteiger partial charge in [0.2, 0.25) is 0 Å². The minimum Gasteiger partial charge on any atom is -0.390 e. The lowest BCUT2D eigenvalue weighted by atomic mass is 9.94. The minimum atomic E-state index is -4.43. The van der Waals surface area contributed by atoms with E-state index in [1.165, 1.54) is 23.4 Å². The third-order valence-electron chi connectivity index (χ3n) is 5.94. The van der Waals surface area contributed by atoms with E-state index in [0.29, 0.717) is 12.8 Å². The fourth-order valence-electron chi connectivity index (χ4n) is 3.77. The summed E-state index contributed by atoms with van der Waals surface area (Å²) in [5.41, 5.74) is 5.35. The van der Waals surface area contributed by atoms with Gasteiger partial charge in [0, 0.05) is 25.0 Å². The molecule has 2 atom stereocenters. The molecule has 0 amide bonds. The van der Waals surface area contributed by atoms with Gasteiger partial charge in [-0.2, -0.15) is 13.2 Å². The van der Waals surface area contributed by atoms with E-state index in [-0.39, 0.29) is 12.1 Å². The van der Waals surface area contributed by atoms with Crippen LogP contribution in [0.4, 0.5) is 13.2 Å². The summed E-state index contributed by atoms with van der Waals surface area (Å²) in [6.45, 7) is 8.34. The number of nitrogens with zero attached hydrogens (tertiary/aromatic N) is 1. The Hall–Kier alpha value is -3.12. The Labute approximate surface area is 193 Å². The summed E-state index contributed by atoms with van der Waals surface area (Å²) in [5, 5.41) is 6.89. The Kier molecular flexibility index (Phi) is 7.92. The molecule has 3 aromatic rings. The van der Waals surface area contributed by atoms with Gasteiger partial charge in [0.25, 0.3) is 0 Å². The highest BCUT2D eigenvalue weighted by molar-refractivity contribution is 5.33. The summed E-state index contributed by atoms with van der Waals surface area (Å²) in [6.07, 6.45) is -1.83. The lowest BCUT2D eigenvalue weighted by molar-refractivity contribution is -0.141. The molecule has 1 aromatic heterocycles. The number of aromatic nitrogens is 1. The second kappa shape index (κ2) is 10.7. The Morgan fingerprint density at radius 1 is 0.970 bits per heavy atom. The fourth-order valence-corrected chi connectivity index (χ4v) is 3.77. The minimum absolute atomic E-state index is 0.0399. The van der Waals surface area contributed by atoms with Crippen molar-refractivity contribution in [1.82, 2.24) is 15.6 Å². The van der Waals surface area contributed by atoms with E-state index in [2.05, 4.69) is 66.4 Å². The van der Waals surface area contributed by atoms with Gasteiger partial charge in [-0.15, -0.1) is 0 Å². The third kappa shape index (κ3) is 6.45. The number of halogens is 3. The Bertz CT molecular complexity index is 1060. The molecule has 0 spiro atoms. The van der Waals surface area contributed by atoms with Crippen LogP contribution in [0.5, 0.6) is 0 Å². The third-order valence-corrected chi connectivity index (χ3v) is 5.94. The number of rotatable bonds is 9. The first kappa shape index (κ1) is 24.5. The fraction of sp³-hybridized carbons (Fsp3) is 0.296. The van der Waals surface area contributed by atoms with Crippen LogP contribution >= 0.6 is 0 Å². The van der Waals surface area contributed by atoms with Crippen molar-refractivity contribution < 1.29 is 13.2 Å². The second-order valence-corrected chi connectivity index (χ2v) is 8.27. The van der Waals surface area contributed by atoms with Crippen LogP contribution in [0.3, 0.4) is 0 Å². The lowest BCUT2D eigenvalue weighted by Crippen LogP contribution is -2.31. The van der Waals surface area contributed by atoms with E-state index in [4.69, 9.17) is 0 Å². The van der Waals surface area contributed by atoms with Crippen LogP contribution in [0.2, 0.25) is 0 Å². The van der Waals surface area contributed by atoms with Crippen LogP contribution in [0, 0.1) is 13.8 Å². The quantitative estimate of drug-likeness (QED) is 0.391. The lowest BCUT2D eigenvalue weighted by Gasteiger charge is -2.28. The van der Waals surface area contributed by atoms with Gasteiger partial charge < -0.3 is 5.32 Å². The zero-order valence-electron chi connectivity index (χ0n) is 19.2. The molecular formula is C27H30F3N3. The van der Waals surface area contributed by atoms with Crippen LogP contribution in [0.25, 0.3) is 0 Å². The van der Waals surface area contributed by atoms with Crippen LogP contribution in [-0.4, -0.2) is 12.0 Å². The number of alkyl halides is 3. The van der Waals surface area contributed by atoms with E-state index in [9.17, 15) is 13.2 Å². The van der Waals surface area contributed by atoms with Gasteiger partial charge in [0.1, 0.15) is 5.69 Å². The molecule has 2 N–H and O–H groups in total. The van der Waals surface area contributed by atoms with E-state index < -0.39 is 11.9 Å². The van der Waals surface area contributed by atoms with Crippen LogP contribution < -0.4 is 10.6 Å². The maximum absolute atomic E-state index is 12.9. The summed E-state index contributed by atoms with van der Waals surface area (Å²) in [4.78, 5) is 3.61. The van der Waals surface area contributed by atoms with E-state index in [1.54, 1.807) is 0 Å². The van der Waals surface area contributed by atoms with Crippen molar-refractivity contribution in [2.24, 2.45) is 0 Å². The van der Waals surface area contributed by atoms with E-state index in [0.717, 1.165) is 28.5 Å². The number of hydrogen-bond acceptors (Lipinski definition) is 3. The summed E-state index contributed by atoms with van der Waals surface area (Å²) in [7, 11) is 1.85. The van der Waals surface area contributed by atoms with Gasteiger partial charge in [-0.25, -0.2) is 0 Å². The molecule has 0 aliphatic carbocycles. The average Bonchev–Trinajstić information content (AvgIpc) is 2.81. The molecule has 0 bridgehead atoms. The summed E-state index contributed by atoms with van der Waals surface area (Å²) in [5.74, 6) is 0. The Balaban J connectivity index is 1.87. The summed E-state index contributed by atoms with van der Waals surface area (Å²) >= 11 is 0. The molecule has 6 heteroatoms. The molecule has 3 rings (SSSR count). The molecule has 33 heavy (non-hydrogen) atoms. The maximum atomic E-state index is 12.9. The number of likely N-dealkylation sites (N-methyl/N-ethyl adjacent to an activating group) is 1. The standard InChI is InChI=1S/C27H30F3N3/c1-18-10-13-23(16-19(18)2)24(14-11-21-12-15-25(32-17-21)27(28,29)30)33-26(20(3)31-4)22-8-6-5-7-9-22/h5-10,12-13,15-17,24,26,31,33H,3,11,14H2,1-2,4H3/t24-,26-/m0/s1. The topological polar surface area (TPSA) is 37.0 Å². The van der Waals surface area contributed by atoms with Crippen molar-refractivity contribution in [3.63, 3.8) is 0 Å². The van der Waals surface area contributed by atoms with Gasteiger partial charge in [0.15, 0.2) is 0 Å².